The molecule has 27 heavy (non-hydrogen) atoms. The number of aryl methyl sites for hydroxylation is 1. The Morgan fingerprint density at radius 1 is 1.11 bits per heavy atom. The molecule has 0 radical (unpaired) electrons. The fourth-order valence-electron chi connectivity index (χ4n) is 4.67. The van der Waals surface area contributed by atoms with E-state index in [-0.39, 0.29) is 24.0 Å². The predicted molar refractivity (Wildman–Crippen MR) is 100 cm³/mol. The third-order valence-corrected chi connectivity index (χ3v) is 6.53. The first-order valence-corrected chi connectivity index (χ1v) is 9.61. The first-order chi connectivity index (χ1) is 13.1. The van der Waals surface area contributed by atoms with Crippen LogP contribution in [0.15, 0.2) is 40.6 Å². The number of rotatable bonds is 6. The Kier molecular flexibility index (Phi) is 4.76. The smallest absolute Gasteiger partial charge is 0.222 e. The van der Waals surface area contributed by atoms with Gasteiger partial charge in [0.15, 0.2) is 0 Å². The summed E-state index contributed by atoms with van der Waals surface area (Å²) in [6.45, 7) is 2.20. The highest BCUT2D eigenvalue weighted by atomic mass is 19.1. The van der Waals surface area contributed by atoms with Crippen molar-refractivity contribution >= 4 is 0 Å². The Morgan fingerprint density at radius 3 is 2.26 bits per heavy atom. The van der Waals surface area contributed by atoms with Gasteiger partial charge in [0.05, 0.1) is 6.33 Å². The van der Waals surface area contributed by atoms with Gasteiger partial charge >= 0.3 is 0 Å². The fraction of sp³-hybridized carbons (Fsp3) is 0.524. The van der Waals surface area contributed by atoms with Crippen LogP contribution < -0.4 is 10.5 Å². The number of benzene rings is 1. The molecule has 3 aliphatic carbocycles. The molecule has 0 spiro atoms. The van der Waals surface area contributed by atoms with Crippen LogP contribution in [0.25, 0.3) is 0 Å². The zero-order chi connectivity index (χ0) is 18.9. The number of hydrogen-bond donors (Lipinski definition) is 1. The Labute approximate surface area is 158 Å². The van der Waals surface area contributed by atoms with E-state index in [1.165, 1.54) is 5.56 Å². The molecule has 0 saturated heterocycles. The summed E-state index contributed by atoms with van der Waals surface area (Å²) < 4.78 is 24.0. The SMILES string of the molecule is Cc1nnc(C23CCC(c4ccc(OC/C(=C/F)CN)cc4)(CC2)CC3)o1. The second-order valence-corrected chi connectivity index (χ2v) is 7.97. The standard InChI is InChI=1S/C21H26FN3O2/c1-15-24-25-19(27-15)21-9-6-20(7-10-21,8-11-21)17-2-4-18(5-3-17)26-14-16(12-22)13-23/h2-5,12H,6-11,13-14,23H2,1H3/b16-12+. The van der Waals surface area contributed by atoms with Crippen molar-refractivity contribution in [3.05, 3.63) is 53.5 Å². The molecule has 5 rings (SSSR count). The highest BCUT2D eigenvalue weighted by Crippen LogP contribution is 2.58. The minimum absolute atomic E-state index is 0.0728. The van der Waals surface area contributed by atoms with Crippen molar-refractivity contribution in [2.24, 2.45) is 5.73 Å². The van der Waals surface area contributed by atoms with Gasteiger partial charge in [0.25, 0.3) is 0 Å². The van der Waals surface area contributed by atoms with Gasteiger partial charge in [-0.2, -0.15) is 0 Å². The topological polar surface area (TPSA) is 74.2 Å². The van der Waals surface area contributed by atoms with Crippen molar-refractivity contribution in [1.82, 2.24) is 10.2 Å². The van der Waals surface area contributed by atoms with Crippen LogP contribution in [0.5, 0.6) is 5.75 Å². The Bertz CT molecular complexity index is 804. The minimum atomic E-state index is 0.0728. The van der Waals surface area contributed by atoms with Gasteiger partial charge < -0.3 is 14.9 Å². The van der Waals surface area contributed by atoms with Crippen molar-refractivity contribution in [1.29, 1.82) is 0 Å². The summed E-state index contributed by atoms with van der Waals surface area (Å²) >= 11 is 0. The molecular formula is C21H26FN3O2. The lowest BCUT2D eigenvalue weighted by Crippen LogP contribution is -2.46. The summed E-state index contributed by atoms with van der Waals surface area (Å²) in [7, 11) is 0. The zero-order valence-corrected chi connectivity index (χ0v) is 15.7. The van der Waals surface area contributed by atoms with E-state index in [0.29, 0.717) is 17.8 Å². The lowest BCUT2D eigenvalue weighted by Gasteiger charge is -2.52. The van der Waals surface area contributed by atoms with Crippen LogP contribution in [-0.2, 0) is 10.8 Å². The van der Waals surface area contributed by atoms with Crippen molar-refractivity contribution in [3.63, 3.8) is 0 Å². The molecular weight excluding hydrogens is 345 g/mol. The van der Waals surface area contributed by atoms with E-state index in [9.17, 15) is 4.39 Å². The number of nitrogens with two attached hydrogens (primary N) is 1. The summed E-state index contributed by atoms with van der Waals surface area (Å²) in [5, 5.41) is 8.35. The number of fused-ring (bicyclic) bond motifs is 3. The summed E-state index contributed by atoms with van der Waals surface area (Å²) in [5.74, 6) is 2.22. The number of hydrogen-bond acceptors (Lipinski definition) is 5. The van der Waals surface area contributed by atoms with Gasteiger partial charge in [-0.15, -0.1) is 10.2 Å². The van der Waals surface area contributed by atoms with Crippen LogP contribution in [0.2, 0.25) is 0 Å². The van der Waals surface area contributed by atoms with Gasteiger partial charge in [0, 0.05) is 24.5 Å². The molecule has 2 N–H and O–H groups in total. The Morgan fingerprint density at radius 2 is 1.74 bits per heavy atom. The van der Waals surface area contributed by atoms with Gasteiger partial charge in [-0.1, -0.05) is 12.1 Å². The second kappa shape index (κ2) is 7.08. The van der Waals surface area contributed by atoms with Crippen LogP contribution >= 0.6 is 0 Å². The summed E-state index contributed by atoms with van der Waals surface area (Å²) in [5.41, 5.74) is 7.58. The average molecular weight is 371 g/mol. The molecule has 0 atom stereocenters. The molecule has 0 aliphatic heterocycles. The maximum Gasteiger partial charge on any atom is 0.222 e. The number of halogens is 1. The van der Waals surface area contributed by atoms with Gasteiger partial charge in [0.1, 0.15) is 12.4 Å². The summed E-state index contributed by atoms with van der Waals surface area (Å²) in [4.78, 5) is 0. The molecule has 144 valence electrons. The maximum atomic E-state index is 12.6. The third-order valence-electron chi connectivity index (χ3n) is 6.53. The fourth-order valence-corrected chi connectivity index (χ4v) is 4.67. The normalized spacial score (nSPS) is 27.7. The van der Waals surface area contributed by atoms with E-state index in [4.69, 9.17) is 14.9 Å². The van der Waals surface area contributed by atoms with Crippen LogP contribution in [0, 0.1) is 6.92 Å². The van der Waals surface area contributed by atoms with E-state index < -0.39 is 0 Å². The van der Waals surface area contributed by atoms with E-state index in [1.807, 2.05) is 19.1 Å². The quantitative estimate of drug-likeness (QED) is 0.827. The molecule has 1 heterocycles. The third kappa shape index (κ3) is 3.27. The zero-order valence-electron chi connectivity index (χ0n) is 15.7. The minimum Gasteiger partial charge on any atom is -0.489 e. The van der Waals surface area contributed by atoms with E-state index in [0.717, 1.165) is 50.2 Å². The van der Waals surface area contributed by atoms with Gasteiger partial charge in [-0.3, -0.25) is 0 Å². The second-order valence-electron chi connectivity index (χ2n) is 7.97. The van der Waals surface area contributed by atoms with Gasteiger partial charge in [-0.25, -0.2) is 4.39 Å². The maximum absolute atomic E-state index is 12.6. The largest absolute Gasteiger partial charge is 0.489 e. The van der Waals surface area contributed by atoms with Crippen LogP contribution in [0.1, 0.15) is 55.9 Å². The molecule has 6 heteroatoms. The first kappa shape index (κ1) is 18.2. The number of ether oxygens (including phenoxy) is 1. The highest BCUT2D eigenvalue weighted by molar-refractivity contribution is 5.35. The molecule has 5 nitrogen and oxygen atoms in total. The van der Waals surface area contributed by atoms with E-state index >= 15 is 0 Å². The molecule has 2 aromatic rings. The molecule has 1 aromatic carbocycles. The number of aromatic nitrogens is 2. The molecule has 3 fully saturated rings. The van der Waals surface area contributed by atoms with E-state index in [2.05, 4.69) is 22.3 Å². The lowest BCUT2D eigenvalue weighted by atomic mass is 9.52. The number of nitrogens with zero attached hydrogens (tertiary/aromatic N) is 2. The average Bonchev–Trinajstić information content (AvgIpc) is 3.18. The molecule has 0 amide bonds. The first-order valence-electron chi connectivity index (χ1n) is 9.61. The lowest BCUT2D eigenvalue weighted by molar-refractivity contribution is 0.0801. The Hall–Kier alpha value is -2.21. The van der Waals surface area contributed by atoms with Crippen molar-refractivity contribution in [3.8, 4) is 5.75 Å². The van der Waals surface area contributed by atoms with Gasteiger partial charge in [-0.05, 0) is 61.6 Å². The highest BCUT2D eigenvalue weighted by Gasteiger charge is 2.52. The van der Waals surface area contributed by atoms with Crippen molar-refractivity contribution < 1.29 is 13.5 Å². The van der Waals surface area contributed by atoms with Crippen molar-refractivity contribution in [2.75, 3.05) is 13.2 Å². The summed E-state index contributed by atoms with van der Waals surface area (Å²) in [6.07, 6.45) is 7.20. The molecule has 3 saturated carbocycles. The van der Waals surface area contributed by atoms with Crippen molar-refractivity contribution in [2.45, 2.75) is 56.3 Å². The van der Waals surface area contributed by atoms with Crippen LogP contribution in [0.4, 0.5) is 4.39 Å². The van der Waals surface area contributed by atoms with E-state index in [1.54, 1.807) is 0 Å². The monoisotopic (exact) mass is 371 g/mol. The molecule has 3 aliphatic rings. The summed E-state index contributed by atoms with van der Waals surface area (Å²) in [6, 6.07) is 8.28. The van der Waals surface area contributed by atoms with Gasteiger partial charge in [0.2, 0.25) is 11.8 Å². The van der Waals surface area contributed by atoms with Crippen LogP contribution in [-0.4, -0.2) is 23.3 Å². The molecule has 1 aromatic heterocycles. The van der Waals surface area contributed by atoms with Crippen LogP contribution in [0.3, 0.4) is 0 Å². The molecule has 0 unspecified atom stereocenters. The Balaban J connectivity index is 1.44. The molecule has 2 bridgehead atoms. The predicted octanol–water partition coefficient (Wildman–Crippen LogP) is 4.11.